The van der Waals surface area contributed by atoms with Gasteiger partial charge in [0.05, 0.1) is 12.9 Å². The van der Waals surface area contributed by atoms with Crippen LogP contribution in [0.2, 0.25) is 0 Å². The Balaban J connectivity index is 2.51. The molecule has 1 aromatic rings. The molecule has 0 aliphatic rings. The Bertz CT molecular complexity index is 348. The van der Waals surface area contributed by atoms with Crippen LogP contribution in [0.1, 0.15) is 25.3 Å². The Hall–Kier alpha value is -1.51. The van der Waals surface area contributed by atoms with Crippen LogP contribution >= 0.6 is 0 Å². The van der Waals surface area contributed by atoms with Gasteiger partial charge in [-0.15, -0.1) is 0 Å². The summed E-state index contributed by atoms with van der Waals surface area (Å²) in [6.45, 7) is 2.83. The van der Waals surface area contributed by atoms with E-state index in [4.69, 9.17) is 10.5 Å². The summed E-state index contributed by atoms with van der Waals surface area (Å²) in [5.74, 6) is 1.67. The fraction of sp³-hybridized carbons (Fsp3) is 0.462. The SMILES string of the molecule is CCCC(N)=NCCc1ccccc1OC. The van der Waals surface area contributed by atoms with Crippen LogP contribution in [0.4, 0.5) is 0 Å². The third kappa shape index (κ3) is 3.93. The topological polar surface area (TPSA) is 47.6 Å². The molecule has 88 valence electrons. The molecule has 3 heteroatoms. The molecule has 0 aromatic heterocycles. The molecule has 0 amide bonds. The number of nitrogens with zero attached hydrogens (tertiary/aromatic N) is 1. The van der Waals surface area contributed by atoms with Gasteiger partial charge in [-0.05, 0) is 24.5 Å². The van der Waals surface area contributed by atoms with Crippen molar-refractivity contribution in [3.63, 3.8) is 0 Å². The van der Waals surface area contributed by atoms with Crippen molar-refractivity contribution in [2.75, 3.05) is 13.7 Å². The van der Waals surface area contributed by atoms with Crippen molar-refractivity contribution in [3.8, 4) is 5.75 Å². The van der Waals surface area contributed by atoms with Crippen LogP contribution in [0.3, 0.4) is 0 Å². The molecule has 1 rings (SSSR count). The van der Waals surface area contributed by atoms with Crippen molar-refractivity contribution in [1.29, 1.82) is 0 Å². The van der Waals surface area contributed by atoms with Gasteiger partial charge < -0.3 is 10.5 Å². The van der Waals surface area contributed by atoms with Crippen molar-refractivity contribution < 1.29 is 4.74 Å². The van der Waals surface area contributed by atoms with E-state index in [9.17, 15) is 0 Å². The second kappa shape index (κ2) is 6.88. The summed E-state index contributed by atoms with van der Waals surface area (Å²) in [4.78, 5) is 4.32. The van der Waals surface area contributed by atoms with Gasteiger partial charge in [-0.1, -0.05) is 25.1 Å². The Morgan fingerprint density at radius 3 is 2.81 bits per heavy atom. The maximum Gasteiger partial charge on any atom is 0.122 e. The van der Waals surface area contributed by atoms with Crippen LogP contribution in [-0.4, -0.2) is 19.5 Å². The average Bonchev–Trinajstić information content (AvgIpc) is 2.30. The van der Waals surface area contributed by atoms with Gasteiger partial charge in [-0.25, -0.2) is 0 Å². The van der Waals surface area contributed by atoms with Crippen molar-refractivity contribution in [2.24, 2.45) is 10.7 Å². The molecule has 0 bridgehead atoms. The zero-order chi connectivity index (χ0) is 11.8. The zero-order valence-electron chi connectivity index (χ0n) is 10.1. The van der Waals surface area contributed by atoms with E-state index in [0.717, 1.165) is 37.4 Å². The molecule has 0 aliphatic carbocycles. The van der Waals surface area contributed by atoms with Gasteiger partial charge in [0.25, 0.3) is 0 Å². The lowest BCUT2D eigenvalue weighted by Gasteiger charge is -2.06. The number of rotatable bonds is 6. The van der Waals surface area contributed by atoms with E-state index in [0.29, 0.717) is 0 Å². The summed E-state index contributed by atoms with van der Waals surface area (Å²) >= 11 is 0. The van der Waals surface area contributed by atoms with Crippen molar-refractivity contribution >= 4 is 5.84 Å². The molecule has 2 N–H and O–H groups in total. The minimum Gasteiger partial charge on any atom is -0.496 e. The fourth-order valence-corrected chi connectivity index (χ4v) is 1.56. The largest absolute Gasteiger partial charge is 0.496 e. The Kier molecular flexibility index (Phi) is 5.40. The lowest BCUT2D eigenvalue weighted by atomic mass is 10.1. The first-order valence-corrected chi connectivity index (χ1v) is 5.68. The average molecular weight is 220 g/mol. The zero-order valence-corrected chi connectivity index (χ0v) is 10.1. The van der Waals surface area contributed by atoms with Crippen LogP contribution < -0.4 is 10.5 Å². The number of nitrogens with two attached hydrogens (primary N) is 1. The lowest BCUT2D eigenvalue weighted by Crippen LogP contribution is -2.12. The normalized spacial score (nSPS) is 11.5. The molecule has 16 heavy (non-hydrogen) atoms. The van der Waals surface area contributed by atoms with Gasteiger partial charge in [-0.2, -0.15) is 0 Å². The minimum absolute atomic E-state index is 0.728. The highest BCUT2D eigenvalue weighted by Gasteiger charge is 2.00. The van der Waals surface area contributed by atoms with Gasteiger partial charge >= 0.3 is 0 Å². The van der Waals surface area contributed by atoms with E-state index >= 15 is 0 Å². The van der Waals surface area contributed by atoms with Gasteiger partial charge in [0.1, 0.15) is 5.75 Å². The summed E-state index contributed by atoms with van der Waals surface area (Å²) in [6.07, 6.45) is 2.80. The Morgan fingerprint density at radius 1 is 1.38 bits per heavy atom. The first-order chi connectivity index (χ1) is 7.77. The van der Waals surface area contributed by atoms with Gasteiger partial charge in [0.15, 0.2) is 0 Å². The van der Waals surface area contributed by atoms with E-state index in [1.165, 1.54) is 5.56 Å². The molecule has 0 atom stereocenters. The first kappa shape index (κ1) is 12.6. The molecular formula is C13H20N2O. The van der Waals surface area contributed by atoms with Crippen LogP contribution in [0.15, 0.2) is 29.3 Å². The number of ether oxygens (including phenoxy) is 1. The van der Waals surface area contributed by atoms with Crippen molar-refractivity contribution in [3.05, 3.63) is 29.8 Å². The van der Waals surface area contributed by atoms with Crippen LogP contribution in [-0.2, 0) is 6.42 Å². The lowest BCUT2D eigenvalue weighted by molar-refractivity contribution is 0.410. The number of para-hydroxylation sites is 1. The van der Waals surface area contributed by atoms with Crippen molar-refractivity contribution in [1.82, 2.24) is 0 Å². The molecule has 0 saturated heterocycles. The highest BCUT2D eigenvalue weighted by Crippen LogP contribution is 2.17. The summed E-state index contributed by atoms with van der Waals surface area (Å²) in [6, 6.07) is 8.01. The summed E-state index contributed by atoms with van der Waals surface area (Å²) in [5, 5.41) is 0. The predicted molar refractivity (Wildman–Crippen MR) is 68.1 cm³/mol. The number of methoxy groups -OCH3 is 1. The fourth-order valence-electron chi connectivity index (χ4n) is 1.56. The van der Waals surface area contributed by atoms with E-state index in [1.807, 2.05) is 18.2 Å². The minimum atomic E-state index is 0.728. The summed E-state index contributed by atoms with van der Waals surface area (Å²) < 4.78 is 5.27. The van der Waals surface area contributed by atoms with Crippen molar-refractivity contribution in [2.45, 2.75) is 26.2 Å². The molecule has 0 heterocycles. The Morgan fingerprint density at radius 2 is 2.12 bits per heavy atom. The van der Waals surface area contributed by atoms with Crippen LogP contribution in [0.25, 0.3) is 0 Å². The van der Waals surface area contributed by atoms with E-state index in [2.05, 4.69) is 18.0 Å². The van der Waals surface area contributed by atoms with Crippen LogP contribution in [0, 0.1) is 0 Å². The molecule has 0 aliphatic heterocycles. The molecule has 1 aromatic carbocycles. The quantitative estimate of drug-likeness (QED) is 0.591. The van der Waals surface area contributed by atoms with E-state index < -0.39 is 0 Å². The molecule has 0 fully saturated rings. The third-order valence-electron chi connectivity index (χ3n) is 2.39. The van der Waals surface area contributed by atoms with Gasteiger partial charge in [0.2, 0.25) is 0 Å². The number of benzene rings is 1. The predicted octanol–water partition coefficient (Wildman–Crippen LogP) is 2.40. The molecular weight excluding hydrogens is 200 g/mol. The van der Waals surface area contributed by atoms with Crippen LogP contribution in [0.5, 0.6) is 5.75 Å². The summed E-state index contributed by atoms with van der Waals surface area (Å²) in [7, 11) is 1.69. The van der Waals surface area contributed by atoms with E-state index in [1.54, 1.807) is 7.11 Å². The number of hydrogen-bond acceptors (Lipinski definition) is 2. The standard InChI is InChI=1S/C13H20N2O/c1-3-6-13(14)15-10-9-11-7-4-5-8-12(11)16-2/h4-5,7-8H,3,6,9-10H2,1-2H3,(H2,14,15). The van der Waals surface area contributed by atoms with Gasteiger partial charge in [-0.3, -0.25) is 4.99 Å². The second-order valence-electron chi connectivity index (χ2n) is 3.68. The monoisotopic (exact) mass is 220 g/mol. The number of amidine groups is 1. The second-order valence-corrected chi connectivity index (χ2v) is 3.68. The number of hydrogen-bond donors (Lipinski definition) is 1. The Labute approximate surface area is 97.3 Å². The molecule has 3 nitrogen and oxygen atoms in total. The molecule has 0 spiro atoms. The third-order valence-corrected chi connectivity index (χ3v) is 2.39. The molecule has 0 radical (unpaired) electrons. The summed E-state index contributed by atoms with van der Waals surface area (Å²) in [5.41, 5.74) is 6.92. The highest BCUT2D eigenvalue weighted by atomic mass is 16.5. The maximum atomic E-state index is 5.74. The smallest absolute Gasteiger partial charge is 0.122 e. The highest BCUT2D eigenvalue weighted by molar-refractivity contribution is 5.80. The maximum absolute atomic E-state index is 5.74. The van der Waals surface area contributed by atoms with E-state index in [-0.39, 0.29) is 0 Å². The first-order valence-electron chi connectivity index (χ1n) is 5.68. The van der Waals surface area contributed by atoms with Gasteiger partial charge in [0, 0.05) is 13.0 Å². The molecule has 0 unspecified atom stereocenters. The molecule has 0 saturated carbocycles. The number of aliphatic imine (C=N–C) groups is 1.